The number of carbonyl (C=O) groups excluding carboxylic acids is 1. The molecule has 0 saturated carbocycles. The second-order valence-corrected chi connectivity index (χ2v) is 4.41. The van der Waals surface area contributed by atoms with Crippen LogP contribution in [0.4, 0.5) is 0 Å². The third-order valence-corrected chi connectivity index (χ3v) is 2.68. The number of rotatable bonds is 8. The van der Waals surface area contributed by atoms with Gasteiger partial charge in [-0.15, -0.1) is 0 Å². The van der Waals surface area contributed by atoms with Crippen molar-refractivity contribution >= 4 is 5.91 Å². The molecule has 0 aliphatic heterocycles. The van der Waals surface area contributed by atoms with Gasteiger partial charge in [0.05, 0.1) is 5.82 Å². The highest BCUT2D eigenvalue weighted by atomic mass is 16.1. The van der Waals surface area contributed by atoms with E-state index in [0.717, 1.165) is 25.8 Å². The molecule has 1 unspecified atom stereocenters. The predicted octanol–water partition coefficient (Wildman–Crippen LogP) is 1.19. The van der Waals surface area contributed by atoms with Gasteiger partial charge >= 0.3 is 0 Å². The summed E-state index contributed by atoms with van der Waals surface area (Å²) >= 11 is 0. The molecular weight excluding hydrogens is 202 g/mol. The minimum Gasteiger partial charge on any atom is -0.386 e. The highest BCUT2D eigenvalue weighted by Gasteiger charge is 2.19. The Hall–Kier alpha value is -1.19. The molecule has 4 N–H and O–H groups in total. The summed E-state index contributed by atoms with van der Waals surface area (Å²) in [4.78, 5) is 11.6. The Bertz CT molecular complexity index is 226. The molecule has 0 aliphatic rings. The second kappa shape index (κ2) is 8.02. The van der Waals surface area contributed by atoms with Crippen LogP contribution in [0.3, 0.4) is 0 Å². The maximum Gasteiger partial charge on any atom is 0.223 e. The van der Waals surface area contributed by atoms with E-state index in [-0.39, 0.29) is 11.8 Å². The Balaban J connectivity index is 3.77. The molecular formula is C12H25N3O. The zero-order valence-corrected chi connectivity index (χ0v) is 10.7. The molecule has 0 saturated heterocycles. The van der Waals surface area contributed by atoms with Crippen LogP contribution >= 0.6 is 0 Å². The lowest BCUT2D eigenvalue weighted by molar-refractivity contribution is -0.126. The van der Waals surface area contributed by atoms with Gasteiger partial charge in [0.1, 0.15) is 0 Å². The Morgan fingerprint density at radius 2 is 2.00 bits per heavy atom. The van der Waals surface area contributed by atoms with Gasteiger partial charge in [-0.05, 0) is 18.8 Å². The Labute approximate surface area is 98.7 Å². The standard InChI is InChI=1S/C12H25N3O/c1-9(2)11(12(16)14-4)7-5-6-8-15-10(3)13/h9,11,15H,3,5-8,13H2,1-2,4H3,(H,14,16). The molecule has 0 spiro atoms. The number of carbonyl (C=O) groups is 1. The number of nitrogens with two attached hydrogens (primary N) is 1. The maximum absolute atomic E-state index is 11.6. The minimum atomic E-state index is 0.117. The summed E-state index contributed by atoms with van der Waals surface area (Å²) in [5.41, 5.74) is 5.38. The van der Waals surface area contributed by atoms with Crippen LogP contribution < -0.4 is 16.4 Å². The van der Waals surface area contributed by atoms with Gasteiger partial charge in [0.15, 0.2) is 0 Å². The van der Waals surface area contributed by atoms with Gasteiger partial charge in [-0.25, -0.2) is 0 Å². The molecule has 0 heterocycles. The van der Waals surface area contributed by atoms with Gasteiger partial charge in [0.25, 0.3) is 0 Å². The number of amides is 1. The number of nitrogens with one attached hydrogen (secondary N) is 2. The topological polar surface area (TPSA) is 67.1 Å². The lowest BCUT2D eigenvalue weighted by Gasteiger charge is -2.19. The number of hydrogen-bond donors (Lipinski definition) is 3. The summed E-state index contributed by atoms with van der Waals surface area (Å²) in [5, 5.41) is 5.69. The summed E-state index contributed by atoms with van der Waals surface area (Å²) in [6, 6.07) is 0. The van der Waals surface area contributed by atoms with E-state index >= 15 is 0 Å². The highest BCUT2D eigenvalue weighted by Crippen LogP contribution is 2.18. The fourth-order valence-corrected chi connectivity index (χ4v) is 1.69. The first kappa shape index (κ1) is 14.8. The first-order chi connectivity index (χ1) is 7.49. The molecule has 0 fully saturated rings. The lowest BCUT2D eigenvalue weighted by atomic mass is 9.90. The maximum atomic E-state index is 11.6. The van der Waals surface area contributed by atoms with Gasteiger partial charge < -0.3 is 16.4 Å². The molecule has 4 nitrogen and oxygen atoms in total. The molecule has 4 heteroatoms. The van der Waals surface area contributed by atoms with Gasteiger partial charge in [0, 0.05) is 19.5 Å². The number of hydrogen-bond acceptors (Lipinski definition) is 3. The van der Waals surface area contributed by atoms with Crippen LogP contribution in [-0.4, -0.2) is 19.5 Å². The summed E-state index contributed by atoms with van der Waals surface area (Å²) < 4.78 is 0. The molecule has 1 amide bonds. The normalized spacial score (nSPS) is 12.2. The van der Waals surface area contributed by atoms with Gasteiger partial charge in [-0.3, -0.25) is 4.79 Å². The van der Waals surface area contributed by atoms with Gasteiger partial charge in [-0.2, -0.15) is 0 Å². The van der Waals surface area contributed by atoms with E-state index in [1.54, 1.807) is 7.05 Å². The van der Waals surface area contributed by atoms with E-state index in [9.17, 15) is 4.79 Å². The van der Waals surface area contributed by atoms with Crippen LogP contribution in [0.1, 0.15) is 33.1 Å². The predicted molar refractivity (Wildman–Crippen MR) is 67.6 cm³/mol. The lowest BCUT2D eigenvalue weighted by Crippen LogP contribution is -2.31. The van der Waals surface area contributed by atoms with Crippen molar-refractivity contribution in [3.8, 4) is 0 Å². The largest absolute Gasteiger partial charge is 0.386 e. The van der Waals surface area contributed by atoms with Crippen molar-refractivity contribution in [3.63, 3.8) is 0 Å². The quantitative estimate of drug-likeness (QED) is 0.546. The third kappa shape index (κ3) is 6.32. The summed E-state index contributed by atoms with van der Waals surface area (Å²) in [7, 11) is 1.69. The zero-order valence-electron chi connectivity index (χ0n) is 10.7. The van der Waals surface area contributed by atoms with Crippen LogP contribution in [0, 0.1) is 11.8 Å². The molecule has 0 aliphatic carbocycles. The Kier molecular flexibility index (Phi) is 7.42. The van der Waals surface area contributed by atoms with Gasteiger partial charge in [0.2, 0.25) is 5.91 Å². The monoisotopic (exact) mass is 227 g/mol. The van der Waals surface area contributed by atoms with Crippen molar-refractivity contribution < 1.29 is 4.79 Å². The van der Waals surface area contributed by atoms with Crippen LogP contribution in [0.5, 0.6) is 0 Å². The zero-order chi connectivity index (χ0) is 12.6. The van der Waals surface area contributed by atoms with E-state index in [4.69, 9.17) is 5.73 Å². The van der Waals surface area contributed by atoms with E-state index in [1.165, 1.54) is 0 Å². The van der Waals surface area contributed by atoms with Crippen molar-refractivity contribution in [2.45, 2.75) is 33.1 Å². The molecule has 0 rings (SSSR count). The highest BCUT2D eigenvalue weighted by molar-refractivity contribution is 5.78. The van der Waals surface area contributed by atoms with E-state index in [1.807, 2.05) is 0 Å². The smallest absolute Gasteiger partial charge is 0.223 e. The Morgan fingerprint density at radius 3 is 2.44 bits per heavy atom. The molecule has 16 heavy (non-hydrogen) atoms. The second-order valence-electron chi connectivity index (χ2n) is 4.41. The molecule has 1 atom stereocenters. The fraction of sp³-hybridized carbons (Fsp3) is 0.750. The van der Waals surface area contributed by atoms with Crippen LogP contribution in [-0.2, 0) is 4.79 Å². The summed E-state index contributed by atoms with van der Waals surface area (Å²) in [6.45, 7) is 8.55. The van der Waals surface area contributed by atoms with E-state index < -0.39 is 0 Å². The van der Waals surface area contributed by atoms with Crippen LogP contribution in [0.25, 0.3) is 0 Å². The molecule has 0 aromatic heterocycles. The third-order valence-electron chi connectivity index (χ3n) is 2.68. The first-order valence-electron chi connectivity index (χ1n) is 5.88. The van der Waals surface area contributed by atoms with Crippen LogP contribution in [0.15, 0.2) is 12.4 Å². The first-order valence-corrected chi connectivity index (χ1v) is 5.88. The fourth-order valence-electron chi connectivity index (χ4n) is 1.69. The summed E-state index contributed by atoms with van der Waals surface area (Å²) in [6.07, 6.45) is 2.96. The van der Waals surface area contributed by atoms with Crippen LogP contribution in [0.2, 0.25) is 0 Å². The van der Waals surface area contributed by atoms with Crippen molar-refractivity contribution in [1.82, 2.24) is 10.6 Å². The minimum absolute atomic E-state index is 0.117. The van der Waals surface area contributed by atoms with E-state index in [0.29, 0.717) is 11.7 Å². The molecule has 0 aromatic rings. The Morgan fingerprint density at radius 1 is 1.38 bits per heavy atom. The van der Waals surface area contributed by atoms with Gasteiger partial charge in [-0.1, -0.05) is 26.8 Å². The van der Waals surface area contributed by atoms with E-state index in [2.05, 4.69) is 31.1 Å². The average molecular weight is 227 g/mol. The average Bonchev–Trinajstić information content (AvgIpc) is 2.21. The molecule has 0 aromatic carbocycles. The van der Waals surface area contributed by atoms with Crippen molar-refractivity contribution in [1.29, 1.82) is 0 Å². The summed E-state index contributed by atoms with van der Waals surface area (Å²) in [5.74, 6) is 1.15. The molecule has 94 valence electrons. The molecule has 0 radical (unpaired) electrons. The van der Waals surface area contributed by atoms with Crippen molar-refractivity contribution in [2.75, 3.05) is 13.6 Å². The SMILES string of the molecule is C=C(N)NCCCCC(C(=O)NC)C(C)C. The molecule has 0 bridgehead atoms. The van der Waals surface area contributed by atoms with Crippen molar-refractivity contribution in [3.05, 3.63) is 12.4 Å². The van der Waals surface area contributed by atoms with Crippen molar-refractivity contribution in [2.24, 2.45) is 17.6 Å². The number of unbranched alkanes of at least 4 members (excludes halogenated alkanes) is 1.